The molecule has 0 heterocycles. The van der Waals surface area contributed by atoms with Crippen LogP contribution < -0.4 is 0 Å². The molecule has 0 saturated carbocycles. The molecule has 0 unspecified atom stereocenters. The number of thiol groups is 2. The van der Waals surface area contributed by atoms with Gasteiger partial charge in [-0.3, -0.25) is 0 Å². The molecule has 7 heteroatoms. The van der Waals surface area contributed by atoms with E-state index in [4.69, 9.17) is 0 Å². The molecule has 0 spiro atoms. The molecular weight excluding hydrogens is 340 g/mol. The lowest BCUT2D eigenvalue weighted by molar-refractivity contribution is 0.488. The van der Waals surface area contributed by atoms with E-state index < -0.39 is 23.3 Å². The quantitative estimate of drug-likeness (QED) is 0.427. The van der Waals surface area contributed by atoms with Crippen molar-refractivity contribution in [3.8, 4) is 11.1 Å². The Morgan fingerprint density at radius 3 is 2.00 bits per heavy atom. The van der Waals surface area contributed by atoms with Crippen LogP contribution in [0.25, 0.3) is 11.1 Å². The minimum absolute atomic E-state index is 0.171. The lowest BCUT2D eigenvalue weighted by Gasteiger charge is -2.10. The molecule has 2 rings (SSSR count). The molecule has 0 radical (unpaired) electrons. The van der Waals surface area contributed by atoms with Crippen molar-refractivity contribution in [3.63, 3.8) is 0 Å². The largest absolute Gasteiger partial charge is 0.203 e. The Morgan fingerprint density at radius 1 is 0.810 bits per heavy atom. The van der Waals surface area contributed by atoms with Gasteiger partial charge in [0.15, 0.2) is 23.3 Å². The van der Waals surface area contributed by atoms with E-state index in [0.29, 0.717) is 12.2 Å². The van der Waals surface area contributed by atoms with Gasteiger partial charge in [0.25, 0.3) is 0 Å². The first-order valence-corrected chi connectivity index (χ1v) is 8.36. The van der Waals surface area contributed by atoms with E-state index in [1.807, 2.05) is 0 Å². The molecule has 112 valence electrons. The van der Waals surface area contributed by atoms with E-state index >= 15 is 0 Å². The van der Waals surface area contributed by atoms with Gasteiger partial charge in [0.1, 0.15) is 0 Å². The molecule has 0 aromatic heterocycles. The normalized spacial score (nSPS) is 11.0. The minimum atomic E-state index is -1.25. The van der Waals surface area contributed by atoms with Crippen molar-refractivity contribution in [1.82, 2.24) is 0 Å². The lowest BCUT2D eigenvalue weighted by Crippen LogP contribution is -2.00. The molecule has 0 N–H and O–H groups in total. The second-order valence-electron chi connectivity index (χ2n) is 4.24. The van der Waals surface area contributed by atoms with Crippen LogP contribution in [-0.2, 0) is 6.42 Å². The molecule has 2 aromatic carbocycles. The zero-order chi connectivity index (χ0) is 15.6. The van der Waals surface area contributed by atoms with E-state index in [1.165, 1.54) is 35.1 Å². The number of aryl methyl sites for hydroxylation is 1. The molecule has 0 saturated heterocycles. The van der Waals surface area contributed by atoms with Crippen molar-refractivity contribution in [1.29, 1.82) is 0 Å². The molecule has 0 amide bonds. The predicted octanol–water partition coefficient (Wildman–Crippen LogP) is 5.32. The Kier molecular flexibility index (Phi) is 5.51. The van der Waals surface area contributed by atoms with Gasteiger partial charge in [0.2, 0.25) is 0 Å². The highest BCUT2D eigenvalue weighted by atomic mass is 33.1. The summed E-state index contributed by atoms with van der Waals surface area (Å²) in [6, 6.07) is 4.97. The average Bonchev–Trinajstić information content (AvgIpc) is 2.47. The fourth-order valence-electron chi connectivity index (χ4n) is 1.89. The van der Waals surface area contributed by atoms with E-state index in [9.17, 15) is 17.6 Å². The van der Waals surface area contributed by atoms with Crippen LogP contribution in [0.15, 0.2) is 29.2 Å². The zero-order valence-electron chi connectivity index (χ0n) is 10.5. The summed E-state index contributed by atoms with van der Waals surface area (Å²) in [5.41, 5.74) is -0.485. The van der Waals surface area contributed by atoms with Crippen molar-refractivity contribution in [3.05, 3.63) is 53.1 Å². The molecule has 21 heavy (non-hydrogen) atoms. The van der Waals surface area contributed by atoms with E-state index in [1.54, 1.807) is 0 Å². The number of hydrogen-bond acceptors (Lipinski definition) is 3. The van der Waals surface area contributed by atoms with Crippen LogP contribution in [0.3, 0.4) is 0 Å². The maximum Gasteiger partial charge on any atom is 0.172 e. The molecule has 2 aromatic rings. The van der Waals surface area contributed by atoms with Crippen molar-refractivity contribution < 1.29 is 17.6 Å². The van der Waals surface area contributed by atoms with Crippen LogP contribution in [0.5, 0.6) is 0 Å². The standard InChI is InChI=1S/C14H10F4S3/c15-11-7(5-6-21-20)1-2-8(12(11)16)9-3-4-10(19)14(18)13(9)17/h1-4,19-20H,5-6H2. The molecule has 0 bridgehead atoms. The van der Waals surface area contributed by atoms with Crippen LogP contribution in [0, 0.1) is 23.3 Å². The highest BCUT2D eigenvalue weighted by Crippen LogP contribution is 2.31. The monoisotopic (exact) mass is 350 g/mol. The van der Waals surface area contributed by atoms with Gasteiger partial charge in [-0.15, -0.1) is 24.3 Å². The molecule has 0 atom stereocenters. The summed E-state index contributed by atoms with van der Waals surface area (Å²) in [6.07, 6.45) is 0.295. The molecule has 0 aliphatic rings. The third-order valence-electron chi connectivity index (χ3n) is 2.98. The number of hydrogen-bond donors (Lipinski definition) is 2. The smallest absolute Gasteiger partial charge is 0.172 e. The van der Waals surface area contributed by atoms with Gasteiger partial charge in [-0.2, -0.15) is 0 Å². The van der Waals surface area contributed by atoms with Gasteiger partial charge < -0.3 is 0 Å². The summed E-state index contributed by atoms with van der Waals surface area (Å²) in [4.78, 5) is -0.195. The van der Waals surface area contributed by atoms with Gasteiger partial charge in [-0.25, -0.2) is 17.6 Å². The second kappa shape index (κ2) is 6.98. The summed E-state index contributed by atoms with van der Waals surface area (Å²) in [6.45, 7) is 0. The topological polar surface area (TPSA) is 0 Å². The Labute approximate surface area is 134 Å². The van der Waals surface area contributed by atoms with E-state index in [2.05, 4.69) is 24.3 Å². The van der Waals surface area contributed by atoms with Crippen molar-refractivity contribution in [2.24, 2.45) is 0 Å². The van der Waals surface area contributed by atoms with Crippen molar-refractivity contribution in [2.45, 2.75) is 11.3 Å². The first-order chi connectivity index (χ1) is 9.97. The minimum Gasteiger partial charge on any atom is -0.203 e. The Hall–Kier alpha value is -0.790. The predicted molar refractivity (Wildman–Crippen MR) is 84.1 cm³/mol. The third kappa shape index (κ3) is 3.35. The van der Waals surface area contributed by atoms with Gasteiger partial charge in [-0.05, 0) is 18.1 Å². The third-order valence-corrected chi connectivity index (χ3v) is 4.26. The highest BCUT2D eigenvalue weighted by Gasteiger charge is 2.19. The fourth-order valence-corrected chi connectivity index (χ4v) is 2.65. The van der Waals surface area contributed by atoms with E-state index in [0.717, 1.165) is 0 Å². The van der Waals surface area contributed by atoms with Crippen LogP contribution in [0.2, 0.25) is 0 Å². The van der Waals surface area contributed by atoms with Crippen LogP contribution in [0.1, 0.15) is 5.56 Å². The summed E-state index contributed by atoms with van der Waals surface area (Å²) >= 11 is 7.66. The maximum absolute atomic E-state index is 14.1. The van der Waals surface area contributed by atoms with Crippen LogP contribution in [-0.4, -0.2) is 5.75 Å². The summed E-state index contributed by atoms with van der Waals surface area (Å²) < 4.78 is 55.3. The average molecular weight is 350 g/mol. The summed E-state index contributed by atoms with van der Waals surface area (Å²) in [7, 11) is 1.20. The molecule has 0 aliphatic carbocycles. The van der Waals surface area contributed by atoms with E-state index in [-0.39, 0.29) is 21.6 Å². The Morgan fingerprint density at radius 2 is 1.38 bits per heavy atom. The fraction of sp³-hybridized carbons (Fsp3) is 0.143. The number of benzene rings is 2. The second-order valence-corrected chi connectivity index (χ2v) is 6.17. The summed E-state index contributed by atoms with van der Waals surface area (Å²) in [5, 5.41) is 0. The van der Waals surface area contributed by atoms with Crippen LogP contribution >= 0.6 is 35.1 Å². The molecule has 0 aliphatic heterocycles. The molecular formula is C14H10F4S3. The maximum atomic E-state index is 14.1. The van der Waals surface area contributed by atoms with Gasteiger partial charge in [-0.1, -0.05) is 29.0 Å². The molecule has 0 fully saturated rings. The first kappa shape index (κ1) is 16.6. The van der Waals surface area contributed by atoms with Gasteiger partial charge in [0.05, 0.1) is 0 Å². The number of rotatable bonds is 4. The Bertz CT molecular complexity index is 674. The Balaban J connectivity index is 2.51. The summed E-state index contributed by atoms with van der Waals surface area (Å²) in [5.74, 6) is -4.17. The van der Waals surface area contributed by atoms with Gasteiger partial charge >= 0.3 is 0 Å². The molecule has 0 nitrogen and oxygen atoms in total. The van der Waals surface area contributed by atoms with Crippen molar-refractivity contribution in [2.75, 3.05) is 5.75 Å². The first-order valence-electron chi connectivity index (χ1n) is 5.88. The number of halogens is 4. The highest BCUT2D eigenvalue weighted by molar-refractivity contribution is 8.68. The SMILES string of the molecule is Fc1c(S)ccc(-c2ccc(CCSS)c(F)c2F)c1F. The van der Waals surface area contributed by atoms with Gasteiger partial charge in [0, 0.05) is 21.8 Å². The van der Waals surface area contributed by atoms with Crippen molar-refractivity contribution >= 4 is 35.1 Å². The lowest BCUT2D eigenvalue weighted by atomic mass is 10.0. The van der Waals surface area contributed by atoms with Crippen LogP contribution in [0.4, 0.5) is 17.6 Å². The zero-order valence-corrected chi connectivity index (χ0v) is 13.1.